The summed E-state index contributed by atoms with van der Waals surface area (Å²) < 4.78 is 5.47. The monoisotopic (exact) mass is 321 g/mol. The van der Waals surface area contributed by atoms with Crippen molar-refractivity contribution in [2.45, 2.75) is 58.9 Å². The molecular weight excluding hydrogens is 294 g/mol. The number of nitrogens with zero attached hydrogens (tertiary/aromatic N) is 1. The first-order valence-corrected chi connectivity index (χ1v) is 8.50. The fourth-order valence-electron chi connectivity index (χ4n) is 3.55. The molecule has 1 atom stereocenters. The predicted octanol–water partition coefficient (Wildman–Crippen LogP) is 3.85. The predicted molar refractivity (Wildman–Crippen MR) is 87.2 cm³/mol. The van der Waals surface area contributed by atoms with Crippen molar-refractivity contribution in [1.82, 2.24) is 4.90 Å². The molecule has 2 rings (SSSR count). The lowest BCUT2D eigenvalue weighted by Gasteiger charge is -2.24. The van der Waals surface area contributed by atoms with Gasteiger partial charge in [-0.15, -0.1) is 0 Å². The van der Waals surface area contributed by atoms with Gasteiger partial charge in [0, 0.05) is 13.0 Å². The summed E-state index contributed by atoms with van der Waals surface area (Å²) in [6, 6.07) is 1.51. The molecule has 1 saturated carbocycles. The van der Waals surface area contributed by atoms with E-state index in [1.54, 1.807) is 18.9 Å². The molecule has 0 aliphatic heterocycles. The van der Waals surface area contributed by atoms with Crippen molar-refractivity contribution in [3.63, 3.8) is 0 Å². The summed E-state index contributed by atoms with van der Waals surface area (Å²) in [5.41, 5.74) is 0.166. The van der Waals surface area contributed by atoms with E-state index in [0.29, 0.717) is 24.0 Å². The molecule has 128 valence electrons. The van der Waals surface area contributed by atoms with Crippen LogP contribution in [-0.4, -0.2) is 28.9 Å². The van der Waals surface area contributed by atoms with E-state index in [1.807, 2.05) is 0 Å². The van der Waals surface area contributed by atoms with Crippen LogP contribution in [0.15, 0.2) is 10.5 Å². The number of rotatable bonds is 7. The molecule has 0 aromatic carbocycles. The largest absolute Gasteiger partial charge is 0.478 e. The van der Waals surface area contributed by atoms with Gasteiger partial charge in [0.15, 0.2) is 0 Å². The van der Waals surface area contributed by atoms with Gasteiger partial charge in [0.1, 0.15) is 17.1 Å². The van der Waals surface area contributed by atoms with E-state index < -0.39 is 5.97 Å². The maximum absolute atomic E-state index is 12.7. The topological polar surface area (TPSA) is 70.8 Å². The minimum atomic E-state index is -1.00. The van der Waals surface area contributed by atoms with E-state index in [-0.39, 0.29) is 17.4 Å². The molecule has 5 nitrogen and oxygen atoms in total. The minimum absolute atomic E-state index is 0.0538. The first-order valence-electron chi connectivity index (χ1n) is 8.50. The van der Waals surface area contributed by atoms with Gasteiger partial charge in [-0.1, -0.05) is 32.6 Å². The molecule has 23 heavy (non-hydrogen) atoms. The lowest BCUT2D eigenvalue weighted by molar-refractivity contribution is -0.135. The lowest BCUT2D eigenvalue weighted by Crippen LogP contribution is -2.33. The molecule has 1 fully saturated rings. The number of hydrogen-bond donors (Lipinski definition) is 1. The quantitative estimate of drug-likeness (QED) is 0.828. The van der Waals surface area contributed by atoms with Crippen LogP contribution >= 0.6 is 0 Å². The number of aryl methyl sites for hydroxylation is 1. The van der Waals surface area contributed by atoms with Crippen LogP contribution < -0.4 is 0 Å². The summed E-state index contributed by atoms with van der Waals surface area (Å²) in [6.45, 7) is 4.00. The summed E-state index contributed by atoms with van der Waals surface area (Å²) in [7, 11) is 1.76. The van der Waals surface area contributed by atoms with Crippen LogP contribution in [-0.2, 0) is 11.3 Å². The Kier molecular flexibility index (Phi) is 5.85. The van der Waals surface area contributed by atoms with Crippen LogP contribution in [0.1, 0.15) is 67.3 Å². The van der Waals surface area contributed by atoms with E-state index >= 15 is 0 Å². The van der Waals surface area contributed by atoms with Crippen molar-refractivity contribution < 1.29 is 19.1 Å². The van der Waals surface area contributed by atoms with Gasteiger partial charge in [0.25, 0.3) is 0 Å². The highest BCUT2D eigenvalue weighted by Gasteiger charge is 2.26. The second kappa shape index (κ2) is 7.66. The smallest absolute Gasteiger partial charge is 0.339 e. The molecule has 1 aromatic rings. The summed E-state index contributed by atoms with van der Waals surface area (Å²) in [4.78, 5) is 25.4. The van der Waals surface area contributed by atoms with Gasteiger partial charge in [-0.2, -0.15) is 0 Å². The number of carbonyl (C=O) groups excluding carboxylic acids is 1. The van der Waals surface area contributed by atoms with Gasteiger partial charge in [-0.25, -0.2) is 4.79 Å². The molecule has 0 radical (unpaired) electrons. The van der Waals surface area contributed by atoms with Crippen molar-refractivity contribution in [1.29, 1.82) is 0 Å². The molecule has 1 aliphatic carbocycles. The van der Waals surface area contributed by atoms with E-state index in [0.717, 1.165) is 12.8 Å². The zero-order valence-electron chi connectivity index (χ0n) is 14.3. The van der Waals surface area contributed by atoms with Gasteiger partial charge in [-0.3, -0.25) is 4.79 Å². The van der Waals surface area contributed by atoms with Crippen molar-refractivity contribution in [3.8, 4) is 0 Å². The first kappa shape index (κ1) is 17.6. The highest BCUT2D eigenvalue weighted by atomic mass is 16.4. The molecule has 0 bridgehead atoms. The Balaban J connectivity index is 1.97. The van der Waals surface area contributed by atoms with Crippen LogP contribution in [0.25, 0.3) is 0 Å². The van der Waals surface area contributed by atoms with Gasteiger partial charge >= 0.3 is 5.97 Å². The van der Waals surface area contributed by atoms with Crippen LogP contribution in [0.2, 0.25) is 0 Å². The van der Waals surface area contributed by atoms with E-state index in [2.05, 4.69) is 6.92 Å². The highest BCUT2D eigenvalue weighted by molar-refractivity contribution is 5.88. The van der Waals surface area contributed by atoms with Gasteiger partial charge in [0.05, 0.1) is 6.54 Å². The van der Waals surface area contributed by atoms with Crippen molar-refractivity contribution in [2.75, 3.05) is 7.05 Å². The van der Waals surface area contributed by atoms with Crippen molar-refractivity contribution in [3.05, 3.63) is 23.2 Å². The fourth-order valence-corrected chi connectivity index (χ4v) is 3.55. The molecule has 1 amide bonds. The molecule has 1 unspecified atom stereocenters. The number of carboxylic acid groups (broad SMARTS) is 1. The Hall–Kier alpha value is -1.78. The summed E-state index contributed by atoms with van der Waals surface area (Å²) in [5, 5.41) is 9.07. The van der Waals surface area contributed by atoms with E-state index in [1.165, 1.54) is 31.7 Å². The second-order valence-corrected chi connectivity index (χ2v) is 6.67. The normalized spacial score (nSPS) is 16.5. The van der Waals surface area contributed by atoms with Gasteiger partial charge in [0.2, 0.25) is 5.91 Å². The van der Waals surface area contributed by atoms with Crippen LogP contribution in [0.4, 0.5) is 0 Å². The third-order valence-corrected chi connectivity index (χ3v) is 4.90. The third-order valence-electron chi connectivity index (χ3n) is 4.90. The Bertz CT molecular complexity index is 557. The summed E-state index contributed by atoms with van der Waals surface area (Å²) in [6.07, 6.45) is 6.87. The van der Waals surface area contributed by atoms with Crippen LogP contribution in [0, 0.1) is 18.8 Å². The molecule has 1 heterocycles. The minimum Gasteiger partial charge on any atom is -0.478 e. The molecule has 5 heteroatoms. The Morgan fingerprint density at radius 3 is 2.57 bits per heavy atom. The lowest BCUT2D eigenvalue weighted by atomic mass is 9.90. The Labute approximate surface area is 137 Å². The van der Waals surface area contributed by atoms with Gasteiger partial charge < -0.3 is 14.4 Å². The van der Waals surface area contributed by atoms with Gasteiger partial charge in [-0.05, 0) is 31.7 Å². The molecular formula is C18H27NO4. The third kappa shape index (κ3) is 4.36. The van der Waals surface area contributed by atoms with Crippen LogP contribution in [0.3, 0.4) is 0 Å². The molecule has 1 aliphatic rings. The zero-order valence-corrected chi connectivity index (χ0v) is 14.3. The van der Waals surface area contributed by atoms with Crippen molar-refractivity contribution in [2.24, 2.45) is 11.8 Å². The first-order chi connectivity index (χ1) is 10.9. The number of hydrogen-bond acceptors (Lipinski definition) is 3. The van der Waals surface area contributed by atoms with Crippen LogP contribution in [0.5, 0.6) is 0 Å². The van der Waals surface area contributed by atoms with E-state index in [4.69, 9.17) is 9.52 Å². The zero-order chi connectivity index (χ0) is 17.0. The molecule has 0 saturated heterocycles. The number of carbonyl (C=O) groups is 2. The number of carboxylic acids is 1. The fraction of sp³-hybridized carbons (Fsp3) is 0.667. The highest BCUT2D eigenvalue weighted by Crippen LogP contribution is 2.32. The Morgan fingerprint density at radius 1 is 1.39 bits per heavy atom. The molecule has 1 N–H and O–H groups in total. The number of furan rings is 1. The SMILES string of the molecule is CCC(CC1CCCC1)C(=O)N(C)Cc1cc(C(=O)O)c(C)o1. The molecule has 0 spiro atoms. The maximum Gasteiger partial charge on any atom is 0.339 e. The standard InChI is InChI=1S/C18H27NO4/c1-4-14(9-13-7-5-6-8-13)17(20)19(3)11-15-10-16(18(21)22)12(2)23-15/h10,13-14H,4-9,11H2,1-3H3,(H,21,22). The summed E-state index contributed by atoms with van der Waals surface area (Å²) in [5.74, 6) is 0.766. The average molecular weight is 321 g/mol. The maximum atomic E-state index is 12.7. The van der Waals surface area contributed by atoms with E-state index in [9.17, 15) is 9.59 Å². The molecule has 1 aromatic heterocycles. The average Bonchev–Trinajstić information content (AvgIpc) is 3.13. The van der Waals surface area contributed by atoms with Crippen molar-refractivity contribution >= 4 is 11.9 Å². The summed E-state index contributed by atoms with van der Waals surface area (Å²) >= 11 is 0. The Morgan fingerprint density at radius 2 is 2.04 bits per heavy atom. The number of aromatic carboxylic acids is 1. The second-order valence-electron chi connectivity index (χ2n) is 6.67. The number of amides is 1.